The highest BCUT2D eigenvalue weighted by Gasteiger charge is 2.01. The summed E-state index contributed by atoms with van der Waals surface area (Å²) in [5.41, 5.74) is 1.05. The maximum atomic E-state index is 8.50. The summed E-state index contributed by atoms with van der Waals surface area (Å²) in [5, 5.41) is 11.8. The van der Waals surface area contributed by atoms with Crippen molar-refractivity contribution < 1.29 is 9.47 Å². The van der Waals surface area contributed by atoms with Gasteiger partial charge in [0.05, 0.1) is 12.9 Å². The molecule has 18 heavy (non-hydrogen) atoms. The zero-order valence-corrected chi connectivity index (χ0v) is 10.4. The van der Waals surface area contributed by atoms with Crippen LogP contribution in [0.25, 0.3) is 0 Å². The minimum Gasteiger partial charge on any atom is -0.502 e. The van der Waals surface area contributed by atoms with Crippen LogP contribution in [0.3, 0.4) is 0 Å². The number of nitrogens with zero attached hydrogens (tertiary/aromatic N) is 1. The molecule has 0 amide bonds. The maximum Gasteiger partial charge on any atom is 0.174 e. The summed E-state index contributed by atoms with van der Waals surface area (Å²) in [6, 6.07) is 9.67. The van der Waals surface area contributed by atoms with Gasteiger partial charge in [-0.15, -0.1) is 0 Å². The quantitative estimate of drug-likeness (QED) is 0.536. The molecule has 1 rings (SSSR count). The lowest BCUT2D eigenvalue weighted by atomic mass is 10.2. The molecule has 96 valence electrons. The fourth-order valence-electron chi connectivity index (χ4n) is 1.49. The third kappa shape index (κ3) is 5.37. The monoisotopic (exact) mass is 246 g/mol. The summed E-state index contributed by atoms with van der Waals surface area (Å²) in [4.78, 5) is 0. The fourth-order valence-corrected chi connectivity index (χ4v) is 1.49. The zero-order valence-electron chi connectivity index (χ0n) is 10.4. The lowest BCUT2D eigenvalue weighted by Crippen LogP contribution is -2.16. The van der Waals surface area contributed by atoms with Crippen LogP contribution in [0.2, 0.25) is 0 Å². The number of nitriles is 1. The van der Waals surface area contributed by atoms with Crippen molar-refractivity contribution in [3.8, 4) is 11.8 Å². The summed E-state index contributed by atoms with van der Waals surface area (Å²) in [5.74, 6) is 0.758. The van der Waals surface area contributed by atoms with Gasteiger partial charge in [0, 0.05) is 12.1 Å². The van der Waals surface area contributed by atoms with E-state index in [0.29, 0.717) is 6.61 Å². The van der Waals surface area contributed by atoms with Crippen molar-refractivity contribution in [3.05, 3.63) is 42.7 Å². The first-order valence-electron chi connectivity index (χ1n) is 5.89. The van der Waals surface area contributed by atoms with E-state index in [0.717, 1.165) is 30.8 Å². The molecule has 4 heteroatoms. The van der Waals surface area contributed by atoms with Gasteiger partial charge in [0.25, 0.3) is 0 Å². The third-order valence-electron chi connectivity index (χ3n) is 2.31. The molecule has 0 aromatic heterocycles. The number of rotatable bonds is 9. The molecule has 0 aliphatic heterocycles. The van der Waals surface area contributed by atoms with E-state index in [9.17, 15) is 0 Å². The highest BCUT2D eigenvalue weighted by Crippen LogP contribution is 2.17. The van der Waals surface area contributed by atoms with E-state index < -0.39 is 0 Å². The highest BCUT2D eigenvalue weighted by molar-refractivity contribution is 5.33. The molecule has 4 nitrogen and oxygen atoms in total. The predicted molar refractivity (Wildman–Crippen MR) is 70.0 cm³/mol. The molecule has 0 atom stereocenters. The first kappa shape index (κ1) is 14.1. The van der Waals surface area contributed by atoms with Crippen molar-refractivity contribution in [2.24, 2.45) is 0 Å². The van der Waals surface area contributed by atoms with Crippen LogP contribution in [-0.2, 0) is 11.3 Å². The van der Waals surface area contributed by atoms with E-state index in [2.05, 4.69) is 11.9 Å². The Morgan fingerprint density at radius 3 is 3.00 bits per heavy atom. The van der Waals surface area contributed by atoms with Gasteiger partial charge in [0.1, 0.15) is 11.8 Å². The van der Waals surface area contributed by atoms with Crippen molar-refractivity contribution in [1.29, 1.82) is 5.26 Å². The van der Waals surface area contributed by atoms with Crippen LogP contribution in [-0.4, -0.2) is 19.8 Å². The van der Waals surface area contributed by atoms with Gasteiger partial charge in [0.15, 0.2) is 6.61 Å². The predicted octanol–water partition coefficient (Wildman–Crippen LogP) is 2.23. The topological polar surface area (TPSA) is 54.3 Å². The minimum atomic E-state index is 0.0736. The number of benzene rings is 1. The largest absolute Gasteiger partial charge is 0.502 e. The second kappa shape index (κ2) is 9.08. The molecule has 0 saturated carbocycles. The molecular formula is C14H18N2O2. The van der Waals surface area contributed by atoms with E-state index in [-0.39, 0.29) is 6.61 Å². The number of nitrogens with one attached hydrogen (secondary N) is 1. The molecule has 1 aromatic rings. The second-order valence-electron chi connectivity index (χ2n) is 3.62. The summed E-state index contributed by atoms with van der Waals surface area (Å²) in [6.45, 7) is 5.80. The second-order valence-corrected chi connectivity index (χ2v) is 3.62. The molecule has 0 spiro atoms. The van der Waals surface area contributed by atoms with Crippen LogP contribution in [0, 0.1) is 11.3 Å². The zero-order chi connectivity index (χ0) is 13.1. The Labute approximate surface area is 108 Å². The van der Waals surface area contributed by atoms with Crippen LogP contribution in [0.1, 0.15) is 12.0 Å². The Hall–Kier alpha value is -1.99. The van der Waals surface area contributed by atoms with E-state index in [1.54, 1.807) is 0 Å². The van der Waals surface area contributed by atoms with Gasteiger partial charge in [-0.3, -0.25) is 0 Å². The number of hydrogen-bond donors (Lipinski definition) is 1. The fraction of sp³-hybridized carbons (Fsp3) is 0.357. The number of hydrogen-bond acceptors (Lipinski definition) is 4. The first-order chi connectivity index (χ1) is 8.88. The molecule has 0 aliphatic rings. The summed E-state index contributed by atoms with van der Waals surface area (Å²) in [7, 11) is 0. The average Bonchev–Trinajstić information content (AvgIpc) is 2.41. The van der Waals surface area contributed by atoms with Crippen molar-refractivity contribution >= 4 is 0 Å². The molecule has 0 unspecified atom stereocenters. The average molecular weight is 246 g/mol. The molecule has 1 N–H and O–H groups in total. The van der Waals surface area contributed by atoms with Gasteiger partial charge >= 0.3 is 0 Å². The molecule has 0 saturated heterocycles. The van der Waals surface area contributed by atoms with Gasteiger partial charge < -0.3 is 14.8 Å². The Balaban J connectivity index is 2.32. The maximum absolute atomic E-state index is 8.50. The Morgan fingerprint density at radius 1 is 1.39 bits per heavy atom. The van der Waals surface area contributed by atoms with Gasteiger partial charge in [-0.2, -0.15) is 5.26 Å². The van der Waals surface area contributed by atoms with Gasteiger partial charge in [0.2, 0.25) is 0 Å². The normalized spacial score (nSPS) is 9.50. The highest BCUT2D eigenvalue weighted by atomic mass is 16.5. The van der Waals surface area contributed by atoms with Crippen molar-refractivity contribution in [3.63, 3.8) is 0 Å². The van der Waals surface area contributed by atoms with E-state index >= 15 is 0 Å². The molecule has 0 radical (unpaired) electrons. The van der Waals surface area contributed by atoms with Crippen molar-refractivity contribution in [2.45, 2.75) is 13.0 Å². The molecule has 0 fully saturated rings. The Kier molecular flexibility index (Phi) is 7.10. The summed E-state index contributed by atoms with van der Waals surface area (Å²) >= 11 is 0. The van der Waals surface area contributed by atoms with E-state index in [1.807, 2.05) is 30.3 Å². The molecule has 1 aromatic carbocycles. The van der Waals surface area contributed by atoms with Crippen LogP contribution in [0.4, 0.5) is 0 Å². The standard InChI is InChI=1S/C14H18N2O2/c1-2-17-10-5-9-16-12-13-6-3-4-7-14(13)18-11-8-15/h2-4,6-7,16H,1,5,9-12H2. The SMILES string of the molecule is C=COCCCNCc1ccccc1OCC#N. The molecule has 0 heterocycles. The third-order valence-corrected chi connectivity index (χ3v) is 2.31. The lowest BCUT2D eigenvalue weighted by molar-refractivity contribution is 0.244. The van der Waals surface area contributed by atoms with Gasteiger partial charge in [-0.25, -0.2) is 0 Å². The number of para-hydroxylation sites is 1. The van der Waals surface area contributed by atoms with Crippen LogP contribution in [0.5, 0.6) is 5.75 Å². The van der Waals surface area contributed by atoms with Crippen molar-refractivity contribution in [2.75, 3.05) is 19.8 Å². The van der Waals surface area contributed by atoms with E-state index in [1.165, 1.54) is 6.26 Å². The smallest absolute Gasteiger partial charge is 0.174 e. The van der Waals surface area contributed by atoms with Gasteiger partial charge in [-0.05, 0) is 19.0 Å². The van der Waals surface area contributed by atoms with Crippen molar-refractivity contribution in [1.82, 2.24) is 5.32 Å². The van der Waals surface area contributed by atoms with Crippen LogP contribution in [0.15, 0.2) is 37.1 Å². The Bertz CT molecular complexity index is 399. The lowest BCUT2D eigenvalue weighted by Gasteiger charge is -2.10. The molecular weight excluding hydrogens is 228 g/mol. The van der Waals surface area contributed by atoms with Gasteiger partial charge in [-0.1, -0.05) is 24.8 Å². The molecule has 0 bridgehead atoms. The minimum absolute atomic E-state index is 0.0736. The Morgan fingerprint density at radius 2 is 2.22 bits per heavy atom. The van der Waals surface area contributed by atoms with Crippen LogP contribution >= 0.6 is 0 Å². The summed E-state index contributed by atoms with van der Waals surface area (Å²) in [6.07, 6.45) is 2.37. The summed E-state index contributed by atoms with van der Waals surface area (Å²) < 4.78 is 10.4. The van der Waals surface area contributed by atoms with Crippen LogP contribution < -0.4 is 10.1 Å². The number of ether oxygens (including phenoxy) is 2. The molecule has 0 aliphatic carbocycles. The van der Waals surface area contributed by atoms with E-state index in [4.69, 9.17) is 14.7 Å². The first-order valence-corrected chi connectivity index (χ1v) is 5.89.